The van der Waals surface area contributed by atoms with Crippen LogP contribution in [-0.2, 0) is 0 Å². The molecule has 0 bridgehead atoms. The summed E-state index contributed by atoms with van der Waals surface area (Å²) >= 11 is 0. The summed E-state index contributed by atoms with van der Waals surface area (Å²) in [5.74, 6) is -0.0833. The van der Waals surface area contributed by atoms with Crippen molar-refractivity contribution in [3.63, 3.8) is 0 Å². The SMILES string of the molecule is CC[C@H](c1ccc(O)c(O)c1)N1CCNCC1. The highest BCUT2D eigenvalue weighted by Crippen LogP contribution is 2.31. The first-order valence-corrected chi connectivity index (χ1v) is 6.19. The number of aromatic hydroxyl groups is 2. The number of nitrogens with zero attached hydrogens (tertiary/aromatic N) is 1. The lowest BCUT2D eigenvalue weighted by atomic mass is 10.0. The molecule has 0 aliphatic carbocycles. The van der Waals surface area contributed by atoms with Crippen molar-refractivity contribution in [1.29, 1.82) is 0 Å². The van der Waals surface area contributed by atoms with E-state index in [1.165, 1.54) is 0 Å². The molecule has 1 saturated heterocycles. The minimum atomic E-state index is -0.0519. The van der Waals surface area contributed by atoms with Crippen LogP contribution < -0.4 is 5.32 Å². The molecule has 0 spiro atoms. The van der Waals surface area contributed by atoms with Gasteiger partial charge in [-0.2, -0.15) is 0 Å². The van der Waals surface area contributed by atoms with Crippen molar-refractivity contribution in [1.82, 2.24) is 10.2 Å². The molecule has 1 atom stereocenters. The monoisotopic (exact) mass is 236 g/mol. The molecule has 0 radical (unpaired) electrons. The Hall–Kier alpha value is -1.26. The van der Waals surface area contributed by atoms with Gasteiger partial charge in [-0.05, 0) is 24.1 Å². The summed E-state index contributed by atoms with van der Waals surface area (Å²) in [4.78, 5) is 2.42. The van der Waals surface area contributed by atoms with Gasteiger partial charge >= 0.3 is 0 Å². The Morgan fingerprint density at radius 1 is 1.24 bits per heavy atom. The maximum Gasteiger partial charge on any atom is 0.157 e. The fraction of sp³-hybridized carbons (Fsp3) is 0.538. The van der Waals surface area contributed by atoms with E-state index in [0.29, 0.717) is 6.04 Å². The van der Waals surface area contributed by atoms with Gasteiger partial charge in [-0.3, -0.25) is 4.90 Å². The second kappa shape index (κ2) is 5.38. The first-order chi connectivity index (χ1) is 8.22. The highest BCUT2D eigenvalue weighted by molar-refractivity contribution is 5.41. The number of hydrogen-bond acceptors (Lipinski definition) is 4. The molecular formula is C13H20N2O2. The molecule has 94 valence electrons. The molecule has 1 aliphatic heterocycles. The lowest BCUT2D eigenvalue weighted by Gasteiger charge is -2.34. The summed E-state index contributed by atoms with van der Waals surface area (Å²) in [5, 5.41) is 22.2. The molecule has 0 saturated carbocycles. The van der Waals surface area contributed by atoms with Crippen molar-refractivity contribution in [2.75, 3.05) is 26.2 Å². The van der Waals surface area contributed by atoms with Gasteiger partial charge in [0.1, 0.15) is 0 Å². The third-order valence-electron chi connectivity index (χ3n) is 3.36. The van der Waals surface area contributed by atoms with Crippen molar-refractivity contribution < 1.29 is 10.2 Å². The van der Waals surface area contributed by atoms with E-state index in [-0.39, 0.29) is 11.5 Å². The van der Waals surface area contributed by atoms with E-state index in [9.17, 15) is 10.2 Å². The maximum absolute atomic E-state index is 9.56. The molecule has 1 aromatic rings. The normalized spacial score (nSPS) is 19.1. The standard InChI is InChI=1S/C13H20N2O2/c1-2-11(15-7-5-14-6-8-15)10-3-4-12(16)13(17)9-10/h3-4,9,11,14,16-17H,2,5-8H2,1H3/t11-/m1/s1. The summed E-state index contributed by atoms with van der Waals surface area (Å²) in [5.41, 5.74) is 1.07. The van der Waals surface area contributed by atoms with Gasteiger partial charge in [0, 0.05) is 32.2 Å². The van der Waals surface area contributed by atoms with E-state index in [1.54, 1.807) is 12.1 Å². The zero-order chi connectivity index (χ0) is 12.3. The minimum Gasteiger partial charge on any atom is -0.504 e. The molecule has 1 aromatic carbocycles. The van der Waals surface area contributed by atoms with Gasteiger partial charge in [0.2, 0.25) is 0 Å². The number of phenolic OH excluding ortho intramolecular Hbond substituents is 2. The van der Waals surface area contributed by atoms with Gasteiger partial charge in [-0.1, -0.05) is 13.0 Å². The van der Waals surface area contributed by atoms with Crippen LogP contribution in [0.1, 0.15) is 24.9 Å². The van der Waals surface area contributed by atoms with Crippen LogP contribution in [0.2, 0.25) is 0 Å². The van der Waals surface area contributed by atoms with E-state index < -0.39 is 0 Å². The van der Waals surface area contributed by atoms with E-state index in [2.05, 4.69) is 17.1 Å². The lowest BCUT2D eigenvalue weighted by Crippen LogP contribution is -2.45. The highest BCUT2D eigenvalue weighted by atomic mass is 16.3. The van der Waals surface area contributed by atoms with Gasteiger partial charge in [0.25, 0.3) is 0 Å². The van der Waals surface area contributed by atoms with Crippen LogP contribution in [-0.4, -0.2) is 41.3 Å². The Labute approximate surface area is 102 Å². The molecule has 17 heavy (non-hydrogen) atoms. The quantitative estimate of drug-likeness (QED) is 0.695. The average Bonchev–Trinajstić information content (AvgIpc) is 2.36. The van der Waals surface area contributed by atoms with Crippen molar-refractivity contribution in [2.45, 2.75) is 19.4 Å². The fourth-order valence-electron chi connectivity index (χ4n) is 2.45. The summed E-state index contributed by atoms with van der Waals surface area (Å²) in [6.45, 7) is 6.23. The summed E-state index contributed by atoms with van der Waals surface area (Å²) < 4.78 is 0. The number of phenols is 2. The smallest absolute Gasteiger partial charge is 0.157 e. The predicted molar refractivity (Wildman–Crippen MR) is 67.2 cm³/mol. The summed E-state index contributed by atoms with van der Waals surface area (Å²) in [6.07, 6.45) is 1.00. The van der Waals surface area contributed by atoms with Crippen molar-refractivity contribution in [2.24, 2.45) is 0 Å². The van der Waals surface area contributed by atoms with Gasteiger partial charge < -0.3 is 15.5 Å². The van der Waals surface area contributed by atoms with Crippen LogP contribution in [0.15, 0.2) is 18.2 Å². The number of rotatable bonds is 3. The Kier molecular flexibility index (Phi) is 3.86. The maximum atomic E-state index is 9.56. The van der Waals surface area contributed by atoms with Gasteiger partial charge in [0.05, 0.1) is 0 Å². The van der Waals surface area contributed by atoms with E-state index in [4.69, 9.17) is 0 Å². The number of piperazine rings is 1. The van der Waals surface area contributed by atoms with Crippen LogP contribution in [0.4, 0.5) is 0 Å². The highest BCUT2D eigenvalue weighted by Gasteiger charge is 2.21. The molecule has 1 heterocycles. The van der Waals surface area contributed by atoms with E-state index in [0.717, 1.165) is 38.2 Å². The van der Waals surface area contributed by atoms with Gasteiger partial charge in [-0.25, -0.2) is 0 Å². The van der Waals surface area contributed by atoms with E-state index in [1.807, 2.05) is 6.07 Å². The third-order valence-corrected chi connectivity index (χ3v) is 3.36. The average molecular weight is 236 g/mol. The lowest BCUT2D eigenvalue weighted by molar-refractivity contribution is 0.169. The second-order valence-electron chi connectivity index (χ2n) is 4.46. The molecule has 4 heteroatoms. The molecule has 0 unspecified atom stereocenters. The first-order valence-electron chi connectivity index (χ1n) is 6.19. The topological polar surface area (TPSA) is 55.7 Å². The van der Waals surface area contributed by atoms with Crippen molar-refractivity contribution in [3.05, 3.63) is 23.8 Å². The number of benzene rings is 1. The van der Waals surface area contributed by atoms with Crippen molar-refractivity contribution in [3.8, 4) is 11.5 Å². The Balaban J connectivity index is 2.18. The van der Waals surface area contributed by atoms with Crippen LogP contribution in [0, 0.1) is 0 Å². The van der Waals surface area contributed by atoms with Crippen LogP contribution in [0.25, 0.3) is 0 Å². The minimum absolute atomic E-state index is 0.0314. The zero-order valence-electron chi connectivity index (χ0n) is 10.2. The molecule has 3 N–H and O–H groups in total. The van der Waals surface area contributed by atoms with Gasteiger partial charge in [-0.15, -0.1) is 0 Å². The molecule has 0 aromatic heterocycles. The number of nitrogens with one attached hydrogen (secondary N) is 1. The summed E-state index contributed by atoms with van der Waals surface area (Å²) in [7, 11) is 0. The molecule has 0 amide bonds. The van der Waals surface area contributed by atoms with Crippen molar-refractivity contribution >= 4 is 0 Å². The largest absolute Gasteiger partial charge is 0.504 e. The second-order valence-corrected chi connectivity index (χ2v) is 4.46. The molecule has 2 rings (SSSR count). The molecular weight excluding hydrogens is 216 g/mol. The Morgan fingerprint density at radius 2 is 1.94 bits per heavy atom. The third kappa shape index (κ3) is 2.70. The molecule has 4 nitrogen and oxygen atoms in total. The zero-order valence-corrected chi connectivity index (χ0v) is 10.2. The first kappa shape index (κ1) is 12.2. The van der Waals surface area contributed by atoms with E-state index >= 15 is 0 Å². The fourth-order valence-corrected chi connectivity index (χ4v) is 2.45. The van der Waals surface area contributed by atoms with Crippen LogP contribution in [0.3, 0.4) is 0 Å². The predicted octanol–water partition coefficient (Wildman–Crippen LogP) is 1.45. The molecule has 1 aliphatic rings. The van der Waals surface area contributed by atoms with Crippen LogP contribution in [0.5, 0.6) is 11.5 Å². The van der Waals surface area contributed by atoms with Gasteiger partial charge in [0.15, 0.2) is 11.5 Å². The Bertz CT molecular complexity index is 376. The van der Waals surface area contributed by atoms with Crippen LogP contribution >= 0.6 is 0 Å². The summed E-state index contributed by atoms with van der Waals surface area (Å²) in [6, 6.07) is 5.45. The Morgan fingerprint density at radius 3 is 2.53 bits per heavy atom. The number of hydrogen-bond donors (Lipinski definition) is 3. The molecule has 1 fully saturated rings.